The number of carbonyl (C=O) groups is 2. The lowest BCUT2D eigenvalue weighted by Crippen LogP contribution is -2.55. The number of carbonyl (C=O) groups excluding carboxylic acids is 1. The van der Waals surface area contributed by atoms with E-state index in [1.807, 2.05) is 16.9 Å². The smallest absolute Gasteiger partial charge is 0.309 e. The molecule has 7 heteroatoms. The number of aryl methyl sites for hydroxylation is 1. The molecule has 0 radical (unpaired) electrons. The fourth-order valence-electron chi connectivity index (χ4n) is 3.66. The normalized spacial score (nSPS) is 24.5. The first kappa shape index (κ1) is 15.0. The molecule has 0 saturated carbocycles. The lowest BCUT2D eigenvalue weighted by atomic mass is 9.78. The molecule has 1 atom stereocenters. The Morgan fingerprint density at radius 3 is 2.82 bits per heavy atom. The van der Waals surface area contributed by atoms with E-state index in [0.29, 0.717) is 0 Å². The first-order chi connectivity index (χ1) is 10.6. The molecular weight excluding hydrogens is 284 g/mol. The van der Waals surface area contributed by atoms with E-state index in [2.05, 4.69) is 15.3 Å². The van der Waals surface area contributed by atoms with Gasteiger partial charge in [0, 0.05) is 38.4 Å². The highest BCUT2D eigenvalue weighted by Gasteiger charge is 2.51. The molecule has 2 fully saturated rings. The second-order valence-corrected chi connectivity index (χ2v) is 6.26. The number of aliphatic carboxylic acids is 1. The molecule has 2 aliphatic rings. The summed E-state index contributed by atoms with van der Waals surface area (Å²) < 4.78 is 1.92. The quantitative estimate of drug-likeness (QED) is 0.818. The summed E-state index contributed by atoms with van der Waals surface area (Å²) >= 11 is 0. The Morgan fingerprint density at radius 1 is 1.41 bits per heavy atom. The average Bonchev–Trinajstić information content (AvgIpc) is 3.10. The van der Waals surface area contributed by atoms with Crippen LogP contribution in [0.15, 0.2) is 18.5 Å². The number of aromatic nitrogens is 2. The molecule has 2 N–H and O–H groups in total. The van der Waals surface area contributed by atoms with Crippen molar-refractivity contribution in [3.8, 4) is 0 Å². The number of amides is 1. The Kier molecular flexibility index (Phi) is 4.15. The zero-order valence-corrected chi connectivity index (χ0v) is 12.6. The summed E-state index contributed by atoms with van der Waals surface area (Å²) in [7, 11) is 0. The van der Waals surface area contributed by atoms with Gasteiger partial charge in [0.2, 0.25) is 5.91 Å². The molecule has 120 valence electrons. The Bertz CT molecular complexity index is 535. The average molecular weight is 306 g/mol. The summed E-state index contributed by atoms with van der Waals surface area (Å²) in [4.78, 5) is 25.4. The Labute approximate surface area is 129 Å². The molecule has 3 heterocycles. The van der Waals surface area contributed by atoms with Crippen LogP contribution in [0.3, 0.4) is 0 Å². The van der Waals surface area contributed by atoms with E-state index in [9.17, 15) is 14.7 Å². The maximum absolute atomic E-state index is 11.6. The fourth-order valence-corrected chi connectivity index (χ4v) is 3.66. The predicted molar refractivity (Wildman–Crippen MR) is 79.1 cm³/mol. The van der Waals surface area contributed by atoms with Gasteiger partial charge < -0.3 is 15.3 Å². The summed E-state index contributed by atoms with van der Waals surface area (Å²) in [6, 6.07) is 1.92. The van der Waals surface area contributed by atoms with Crippen LogP contribution in [0.2, 0.25) is 0 Å². The lowest BCUT2D eigenvalue weighted by Gasteiger charge is -2.41. The molecule has 1 aromatic rings. The number of likely N-dealkylation sites (tertiary alicyclic amines) is 1. The molecule has 0 aliphatic carbocycles. The van der Waals surface area contributed by atoms with Crippen molar-refractivity contribution < 1.29 is 14.7 Å². The third-order valence-electron chi connectivity index (χ3n) is 4.91. The number of hydrogen-bond acceptors (Lipinski definition) is 4. The van der Waals surface area contributed by atoms with Gasteiger partial charge in [-0.3, -0.25) is 14.3 Å². The molecule has 22 heavy (non-hydrogen) atoms. The van der Waals surface area contributed by atoms with Gasteiger partial charge in [0.1, 0.15) is 0 Å². The minimum atomic E-state index is -0.856. The molecule has 0 bridgehead atoms. The van der Waals surface area contributed by atoms with Crippen molar-refractivity contribution in [1.29, 1.82) is 0 Å². The van der Waals surface area contributed by atoms with Crippen LogP contribution < -0.4 is 5.32 Å². The maximum atomic E-state index is 11.6. The minimum Gasteiger partial charge on any atom is -0.481 e. The van der Waals surface area contributed by atoms with Crippen LogP contribution >= 0.6 is 0 Å². The Morgan fingerprint density at radius 2 is 2.18 bits per heavy atom. The maximum Gasteiger partial charge on any atom is 0.309 e. The first-order valence-corrected chi connectivity index (χ1v) is 7.83. The summed E-state index contributed by atoms with van der Waals surface area (Å²) in [6.45, 7) is 3.54. The van der Waals surface area contributed by atoms with Crippen LogP contribution in [-0.4, -0.2) is 56.8 Å². The van der Waals surface area contributed by atoms with E-state index in [1.165, 1.54) is 0 Å². The van der Waals surface area contributed by atoms with E-state index in [0.717, 1.165) is 45.4 Å². The Balaban J connectivity index is 1.49. The molecule has 0 aromatic carbocycles. The van der Waals surface area contributed by atoms with Crippen LogP contribution in [0.4, 0.5) is 0 Å². The SMILES string of the molecule is O=C1C[C@@H](C(=O)O)C2(CCN(CCCn3cccn3)CC2)N1. The zero-order valence-electron chi connectivity index (χ0n) is 12.6. The van der Waals surface area contributed by atoms with Crippen molar-refractivity contribution in [2.75, 3.05) is 19.6 Å². The van der Waals surface area contributed by atoms with E-state index in [4.69, 9.17) is 0 Å². The zero-order chi connectivity index (χ0) is 15.6. The van der Waals surface area contributed by atoms with Gasteiger partial charge in [0.25, 0.3) is 0 Å². The second kappa shape index (κ2) is 6.08. The molecule has 1 spiro atoms. The van der Waals surface area contributed by atoms with Crippen LogP contribution in [-0.2, 0) is 16.1 Å². The number of rotatable bonds is 5. The van der Waals surface area contributed by atoms with Crippen molar-refractivity contribution in [3.05, 3.63) is 18.5 Å². The summed E-state index contributed by atoms with van der Waals surface area (Å²) in [5.74, 6) is -1.56. The third kappa shape index (κ3) is 2.99. The van der Waals surface area contributed by atoms with E-state index in [1.54, 1.807) is 6.20 Å². The lowest BCUT2D eigenvalue weighted by molar-refractivity contribution is -0.144. The Hall–Kier alpha value is -1.89. The monoisotopic (exact) mass is 306 g/mol. The molecular formula is C15H22N4O3. The number of piperidine rings is 1. The van der Waals surface area contributed by atoms with Crippen molar-refractivity contribution in [3.63, 3.8) is 0 Å². The van der Waals surface area contributed by atoms with Gasteiger partial charge >= 0.3 is 5.97 Å². The van der Waals surface area contributed by atoms with Crippen molar-refractivity contribution >= 4 is 11.9 Å². The number of hydrogen-bond donors (Lipinski definition) is 2. The van der Waals surface area contributed by atoms with Crippen LogP contribution in [0, 0.1) is 5.92 Å². The molecule has 3 rings (SSSR count). The van der Waals surface area contributed by atoms with Gasteiger partial charge in [-0.1, -0.05) is 0 Å². The summed E-state index contributed by atoms with van der Waals surface area (Å²) in [6.07, 6.45) is 6.31. The van der Waals surface area contributed by atoms with Gasteiger partial charge in [-0.2, -0.15) is 5.10 Å². The van der Waals surface area contributed by atoms with Gasteiger partial charge in [-0.05, 0) is 31.9 Å². The summed E-state index contributed by atoms with van der Waals surface area (Å²) in [5, 5.41) is 16.5. The highest BCUT2D eigenvalue weighted by Crippen LogP contribution is 2.36. The number of nitrogens with one attached hydrogen (secondary N) is 1. The molecule has 1 amide bonds. The van der Waals surface area contributed by atoms with Gasteiger partial charge in [-0.15, -0.1) is 0 Å². The van der Waals surface area contributed by atoms with Crippen molar-refractivity contribution in [2.45, 2.75) is 37.8 Å². The predicted octanol–water partition coefficient (Wildman–Crippen LogP) is 0.328. The number of nitrogens with zero attached hydrogens (tertiary/aromatic N) is 3. The standard InChI is InChI=1S/C15H22N4O3/c20-13-11-12(14(21)22)15(17-13)3-9-18(10-4-15)6-2-8-19-7-1-5-16-19/h1,5,7,12H,2-4,6,8-11H2,(H,17,20)(H,21,22)/t12-/m0/s1. The highest BCUT2D eigenvalue weighted by molar-refractivity contribution is 5.88. The van der Waals surface area contributed by atoms with E-state index < -0.39 is 17.4 Å². The topological polar surface area (TPSA) is 87.5 Å². The van der Waals surface area contributed by atoms with Crippen LogP contribution in [0.25, 0.3) is 0 Å². The van der Waals surface area contributed by atoms with Gasteiger partial charge in [-0.25, -0.2) is 0 Å². The number of carboxylic acid groups (broad SMARTS) is 1. The largest absolute Gasteiger partial charge is 0.481 e. The molecule has 1 aromatic heterocycles. The molecule has 2 aliphatic heterocycles. The molecule has 7 nitrogen and oxygen atoms in total. The van der Waals surface area contributed by atoms with E-state index in [-0.39, 0.29) is 12.3 Å². The molecule has 2 saturated heterocycles. The minimum absolute atomic E-state index is 0.120. The highest BCUT2D eigenvalue weighted by atomic mass is 16.4. The van der Waals surface area contributed by atoms with Crippen molar-refractivity contribution in [1.82, 2.24) is 20.0 Å². The van der Waals surface area contributed by atoms with E-state index >= 15 is 0 Å². The number of carboxylic acids is 1. The van der Waals surface area contributed by atoms with Crippen molar-refractivity contribution in [2.24, 2.45) is 5.92 Å². The van der Waals surface area contributed by atoms with Crippen LogP contribution in [0.1, 0.15) is 25.7 Å². The van der Waals surface area contributed by atoms with Crippen LogP contribution in [0.5, 0.6) is 0 Å². The third-order valence-corrected chi connectivity index (χ3v) is 4.91. The first-order valence-electron chi connectivity index (χ1n) is 7.83. The second-order valence-electron chi connectivity index (χ2n) is 6.26. The van der Waals surface area contributed by atoms with Gasteiger partial charge in [0.15, 0.2) is 0 Å². The summed E-state index contributed by atoms with van der Waals surface area (Å²) in [5.41, 5.74) is -0.526. The van der Waals surface area contributed by atoms with Gasteiger partial charge in [0.05, 0.1) is 11.5 Å². The fraction of sp³-hybridized carbons (Fsp3) is 0.667. The molecule has 0 unspecified atom stereocenters.